The number of carbonyl (C=O) groups is 1. The molecule has 4 nitrogen and oxygen atoms in total. The summed E-state index contributed by atoms with van der Waals surface area (Å²) in [5.74, 6) is -0.465. The Morgan fingerprint density at radius 1 is 1.29 bits per heavy atom. The van der Waals surface area contributed by atoms with Crippen molar-refractivity contribution >= 4 is 11.7 Å². The Bertz CT molecular complexity index is 523. The van der Waals surface area contributed by atoms with Crippen LogP contribution in [0.3, 0.4) is 0 Å². The van der Waals surface area contributed by atoms with Crippen molar-refractivity contribution in [2.45, 2.75) is 6.92 Å². The molecule has 5 heteroatoms. The summed E-state index contributed by atoms with van der Waals surface area (Å²) in [5, 5.41) is 0. The van der Waals surface area contributed by atoms with Gasteiger partial charge in [-0.25, -0.2) is 9.18 Å². The zero-order valence-corrected chi connectivity index (χ0v) is 12.5. The average molecular weight is 292 g/mol. The fraction of sp³-hybridized carbons (Fsp3) is 0.438. The van der Waals surface area contributed by atoms with Gasteiger partial charge in [0.1, 0.15) is 5.82 Å². The lowest BCUT2D eigenvalue weighted by Gasteiger charge is -2.35. The van der Waals surface area contributed by atoms with E-state index in [1.807, 2.05) is 18.2 Å². The van der Waals surface area contributed by atoms with E-state index >= 15 is 0 Å². The zero-order valence-electron chi connectivity index (χ0n) is 12.5. The van der Waals surface area contributed by atoms with Crippen molar-refractivity contribution in [1.82, 2.24) is 4.90 Å². The van der Waals surface area contributed by atoms with Crippen LogP contribution in [-0.2, 0) is 9.53 Å². The van der Waals surface area contributed by atoms with E-state index in [0.717, 1.165) is 26.2 Å². The predicted molar refractivity (Wildman–Crippen MR) is 80.8 cm³/mol. The van der Waals surface area contributed by atoms with E-state index in [9.17, 15) is 9.18 Å². The average Bonchev–Trinajstić information content (AvgIpc) is 2.53. The lowest BCUT2D eigenvalue weighted by Crippen LogP contribution is -2.46. The highest BCUT2D eigenvalue weighted by molar-refractivity contribution is 5.87. The van der Waals surface area contributed by atoms with E-state index in [4.69, 9.17) is 0 Å². The molecule has 1 aliphatic rings. The molecule has 1 aromatic carbocycles. The smallest absolute Gasteiger partial charge is 0.333 e. The minimum Gasteiger partial charge on any atom is -0.466 e. The van der Waals surface area contributed by atoms with Crippen LogP contribution in [0.4, 0.5) is 10.1 Å². The first-order chi connectivity index (χ1) is 10.1. The topological polar surface area (TPSA) is 32.8 Å². The summed E-state index contributed by atoms with van der Waals surface area (Å²) in [5.41, 5.74) is 1.28. The van der Waals surface area contributed by atoms with Gasteiger partial charge in [0.05, 0.1) is 12.8 Å². The summed E-state index contributed by atoms with van der Waals surface area (Å²) < 4.78 is 18.4. The van der Waals surface area contributed by atoms with Gasteiger partial charge < -0.3 is 9.64 Å². The van der Waals surface area contributed by atoms with Crippen molar-refractivity contribution in [2.24, 2.45) is 0 Å². The van der Waals surface area contributed by atoms with Crippen LogP contribution in [0, 0.1) is 5.82 Å². The number of para-hydroxylation sites is 1. The van der Waals surface area contributed by atoms with E-state index in [1.165, 1.54) is 13.2 Å². The molecule has 1 aromatic rings. The molecule has 0 aliphatic carbocycles. The maximum Gasteiger partial charge on any atom is 0.333 e. The Morgan fingerprint density at radius 3 is 2.57 bits per heavy atom. The zero-order chi connectivity index (χ0) is 15.2. The number of piperazine rings is 1. The molecule has 0 bridgehead atoms. The summed E-state index contributed by atoms with van der Waals surface area (Å²) >= 11 is 0. The third-order valence-corrected chi connectivity index (χ3v) is 3.73. The Balaban J connectivity index is 1.87. The summed E-state index contributed by atoms with van der Waals surface area (Å²) in [6.45, 7) is 5.73. The number of rotatable bonds is 4. The van der Waals surface area contributed by atoms with Crippen molar-refractivity contribution in [3.8, 4) is 0 Å². The summed E-state index contributed by atoms with van der Waals surface area (Å²) in [6, 6.07) is 6.86. The van der Waals surface area contributed by atoms with E-state index in [0.29, 0.717) is 17.8 Å². The van der Waals surface area contributed by atoms with Crippen LogP contribution in [0.1, 0.15) is 6.92 Å². The van der Waals surface area contributed by atoms with Crippen LogP contribution in [0.2, 0.25) is 0 Å². The van der Waals surface area contributed by atoms with Crippen molar-refractivity contribution < 1.29 is 13.9 Å². The van der Waals surface area contributed by atoms with Gasteiger partial charge in [0.2, 0.25) is 0 Å². The fourth-order valence-corrected chi connectivity index (χ4v) is 2.39. The molecule has 0 unspecified atom stereocenters. The molecular formula is C16H21FN2O2. The first-order valence-electron chi connectivity index (χ1n) is 7.08. The molecule has 2 rings (SSSR count). The Labute approximate surface area is 124 Å². The highest BCUT2D eigenvalue weighted by Crippen LogP contribution is 2.20. The number of benzene rings is 1. The molecule has 0 N–H and O–H groups in total. The standard InChI is InChI=1S/C16H21FN2O2/c1-13(16(20)21-2)7-8-18-9-11-19(12-10-18)15-6-4-3-5-14(15)17/h3-7H,8-12H2,1-2H3. The maximum atomic E-state index is 13.7. The number of anilines is 1. The first kappa shape index (κ1) is 15.5. The second-order valence-corrected chi connectivity index (χ2v) is 5.12. The Morgan fingerprint density at radius 2 is 1.95 bits per heavy atom. The highest BCUT2D eigenvalue weighted by Gasteiger charge is 2.18. The molecule has 0 aromatic heterocycles. The van der Waals surface area contributed by atoms with Gasteiger partial charge in [0, 0.05) is 38.3 Å². The molecule has 1 heterocycles. The van der Waals surface area contributed by atoms with Crippen molar-refractivity contribution in [3.05, 3.63) is 41.7 Å². The summed E-state index contributed by atoms with van der Waals surface area (Å²) in [4.78, 5) is 15.6. The van der Waals surface area contributed by atoms with Crippen LogP contribution in [0.5, 0.6) is 0 Å². The van der Waals surface area contributed by atoms with Gasteiger partial charge in [-0.15, -0.1) is 0 Å². The van der Waals surface area contributed by atoms with Gasteiger partial charge in [0.15, 0.2) is 0 Å². The van der Waals surface area contributed by atoms with E-state index < -0.39 is 0 Å². The molecule has 21 heavy (non-hydrogen) atoms. The molecule has 114 valence electrons. The van der Waals surface area contributed by atoms with Crippen LogP contribution in [-0.4, -0.2) is 50.7 Å². The van der Waals surface area contributed by atoms with Crippen LogP contribution >= 0.6 is 0 Å². The van der Waals surface area contributed by atoms with Gasteiger partial charge in [-0.05, 0) is 19.1 Å². The van der Waals surface area contributed by atoms with E-state index in [-0.39, 0.29) is 11.8 Å². The number of halogens is 1. The number of esters is 1. The number of carbonyl (C=O) groups excluding carboxylic acids is 1. The van der Waals surface area contributed by atoms with Crippen molar-refractivity contribution in [1.29, 1.82) is 0 Å². The number of ether oxygens (including phenoxy) is 1. The third-order valence-electron chi connectivity index (χ3n) is 3.73. The maximum absolute atomic E-state index is 13.7. The minimum atomic E-state index is -0.292. The Hall–Kier alpha value is -1.88. The number of hydrogen-bond donors (Lipinski definition) is 0. The molecule has 0 atom stereocenters. The molecule has 1 aliphatic heterocycles. The molecule has 1 fully saturated rings. The van der Waals surface area contributed by atoms with E-state index in [2.05, 4.69) is 14.5 Å². The number of nitrogens with zero attached hydrogens (tertiary/aromatic N) is 2. The highest BCUT2D eigenvalue weighted by atomic mass is 19.1. The van der Waals surface area contributed by atoms with Gasteiger partial charge in [-0.2, -0.15) is 0 Å². The number of hydrogen-bond acceptors (Lipinski definition) is 4. The quantitative estimate of drug-likeness (QED) is 0.628. The van der Waals surface area contributed by atoms with Crippen LogP contribution < -0.4 is 4.90 Å². The molecule has 0 spiro atoms. The van der Waals surface area contributed by atoms with Gasteiger partial charge >= 0.3 is 5.97 Å². The first-order valence-corrected chi connectivity index (χ1v) is 7.08. The molecule has 0 saturated carbocycles. The molecule has 0 amide bonds. The van der Waals surface area contributed by atoms with Gasteiger partial charge in [-0.3, -0.25) is 4.90 Å². The minimum absolute atomic E-state index is 0.174. The molecule has 1 saturated heterocycles. The predicted octanol–water partition coefficient (Wildman–Crippen LogP) is 2.07. The fourth-order valence-electron chi connectivity index (χ4n) is 2.39. The van der Waals surface area contributed by atoms with Gasteiger partial charge in [-0.1, -0.05) is 18.2 Å². The lowest BCUT2D eigenvalue weighted by atomic mass is 10.2. The van der Waals surface area contributed by atoms with Crippen LogP contribution in [0.25, 0.3) is 0 Å². The van der Waals surface area contributed by atoms with Gasteiger partial charge in [0.25, 0.3) is 0 Å². The summed E-state index contributed by atoms with van der Waals surface area (Å²) in [6.07, 6.45) is 1.88. The second kappa shape index (κ2) is 7.22. The lowest BCUT2D eigenvalue weighted by molar-refractivity contribution is -0.136. The summed E-state index contributed by atoms with van der Waals surface area (Å²) in [7, 11) is 1.38. The molecule has 0 radical (unpaired) electrons. The normalized spacial score (nSPS) is 16.9. The number of methoxy groups -OCH3 is 1. The third kappa shape index (κ3) is 4.04. The van der Waals surface area contributed by atoms with E-state index in [1.54, 1.807) is 13.0 Å². The molecular weight excluding hydrogens is 271 g/mol. The van der Waals surface area contributed by atoms with Crippen molar-refractivity contribution in [3.63, 3.8) is 0 Å². The second-order valence-electron chi connectivity index (χ2n) is 5.12. The monoisotopic (exact) mass is 292 g/mol. The van der Waals surface area contributed by atoms with Crippen molar-refractivity contribution in [2.75, 3.05) is 44.7 Å². The SMILES string of the molecule is COC(=O)C(C)=CCN1CCN(c2ccccc2F)CC1. The van der Waals surface area contributed by atoms with Crippen LogP contribution in [0.15, 0.2) is 35.9 Å². The largest absolute Gasteiger partial charge is 0.466 e. The Kier molecular flexibility index (Phi) is 5.33.